The van der Waals surface area contributed by atoms with Crippen LogP contribution in [0.5, 0.6) is 5.75 Å². The van der Waals surface area contributed by atoms with Crippen LogP contribution in [0, 0.1) is 6.92 Å². The molecule has 150 valence electrons. The highest BCUT2D eigenvalue weighted by Crippen LogP contribution is 2.19. The number of rotatable bonds is 7. The Balaban J connectivity index is 1.70. The number of ether oxygens (including phenoxy) is 1. The summed E-state index contributed by atoms with van der Waals surface area (Å²) in [6.07, 6.45) is 1.97. The van der Waals surface area contributed by atoms with Crippen LogP contribution in [0.2, 0.25) is 0 Å². The maximum atomic E-state index is 12.7. The van der Waals surface area contributed by atoms with Crippen LogP contribution >= 0.6 is 0 Å². The molecular weight excluding hydrogens is 358 g/mol. The van der Waals surface area contributed by atoms with Crippen molar-refractivity contribution >= 4 is 17.6 Å². The quantitative estimate of drug-likeness (QED) is 0.637. The Morgan fingerprint density at radius 3 is 2.79 bits per heavy atom. The lowest BCUT2D eigenvalue weighted by molar-refractivity contribution is -0.125. The van der Waals surface area contributed by atoms with Crippen LogP contribution < -0.4 is 20.7 Å². The summed E-state index contributed by atoms with van der Waals surface area (Å²) in [6, 6.07) is 8.83. The number of unbranched alkanes of at least 4 members (excludes halogenated alkanes) is 1. The second-order valence-corrected chi connectivity index (χ2v) is 7.04. The van der Waals surface area contributed by atoms with Crippen molar-refractivity contribution in [1.82, 2.24) is 20.4 Å². The van der Waals surface area contributed by atoms with Gasteiger partial charge in [-0.2, -0.15) is 5.10 Å². The first kappa shape index (κ1) is 19.9. The SMILES string of the molecule is CCCCOc1ccc(C(=O)Nc2cc(C)nn2C2NC(=O)CC(C)N2)cc1. The molecule has 1 aliphatic heterocycles. The first-order valence-electron chi connectivity index (χ1n) is 9.62. The van der Waals surface area contributed by atoms with Crippen LogP contribution in [0.3, 0.4) is 0 Å². The van der Waals surface area contributed by atoms with Crippen molar-refractivity contribution in [3.8, 4) is 5.75 Å². The molecule has 0 bridgehead atoms. The molecule has 1 saturated heterocycles. The van der Waals surface area contributed by atoms with E-state index in [2.05, 4.69) is 28.0 Å². The minimum atomic E-state index is -0.505. The third-order valence-electron chi connectivity index (χ3n) is 4.46. The minimum Gasteiger partial charge on any atom is -0.494 e. The molecule has 2 unspecified atom stereocenters. The Kier molecular flexibility index (Phi) is 6.30. The Hall–Kier alpha value is -2.87. The number of nitrogens with one attached hydrogen (secondary N) is 3. The first-order valence-corrected chi connectivity index (χ1v) is 9.62. The highest BCUT2D eigenvalue weighted by Gasteiger charge is 2.26. The average Bonchev–Trinajstić information content (AvgIpc) is 3.02. The van der Waals surface area contributed by atoms with Gasteiger partial charge in [0.2, 0.25) is 5.91 Å². The topological polar surface area (TPSA) is 97.3 Å². The molecule has 1 aromatic heterocycles. The molecule has 1 aromatic carbocycles. The van der Waals surface area contributed by atoms with Crippen molar-refractivity contribution in [3.63, 3.8) is 0 Å². The van der Waals surface area contributed by atoms with E-state index in [1.54, 1.807) is 35.0 Å². The fourth-order valence-electron chi connectivity index (χ4n) is 3.02. The van der Waals surface area contributed by atoms with Crippen molar-refractivity contribution in [1.29, 1.82) is 0 Å². The number of hydrogen-bond donors (Lipinski definition) is 3. The molecule has 1 fully saturated rings. The molecule has 3 N–H and O–H groups in total. The molecule has 0 radical (unpaired) electrons. The summed E-state index contributed by atoms with van der Waals surface area (Å²) in [5.74, 6) is 0.948. The predicted octanol–water partition coefficient (Wildman–Crippen LogP) is 2.58. The fraction of sp³-hybridized carbons (Fsp3) is 0.450. The van der Waals surface area contributed by atoms with E-state index in [1.165, 1.54) is 0 Å². The summed E-state index contributed by atoms with van der Waals surface area (Å²) in [4.78, 5) is 24.5. The van der Waals surface area contributed by atoms with E-state index >= 15 is 0 Å². The van der Waals surface area contributed by atoms with Gasteiger partial charge < -0.3 is 15.4 Å². The van der Waals surface area contributed by atoms with Crippen LogP contribution in [-0.4, -0.2) is 34.2 Å². The lowest BCUT2D eigenvalue weighted by atomic mass is 10.2. The second-order valence-electron chi connectivity index (χ2n) is 7.04. The van der Waals surface area contributed by atoms with Crippen molar-refractivity contribution in [2.24, 2.45) is 0 Å². The fourth-order valence-corrected chi connectivity index (χ4v) is 3.02. The van der Waals surface area contributed by atoms with Gasteiger partial charge in [-0.1, -0.05) is 13.3 Å². The number of carbonyl (C=O) groups excluding carboxylic acids is 2. The monoisotopic (exact) mass is 385 g/mol. The molecule has 28 heavy (non-hydrogen) atoms. The van der Waals surface area contributed by atoms with Gasteiger partial charge in [0.25, 0.3) is 5.91 Å². The Labute approximate surface area is 164 Å². The highest BCUT2D eigenvalue weighted by atomic mass is 16.5. The van der Waals surface area contributed by atoms with Crippen LogP contribution in [-0.2, 0) is 4.79 Å². The maximum absolute atomic E-state index is 12.7. The molecular formula is C20H27N5O3. The second kappa shape index (κ2) is 8.88. The van der Waals surface area contributed by atoms with Crippen molar-refractivity contribution < 1.29 is 14.3 Å². The summed E-state index contributed by atoms with van der Waals surface area (Å²) in [5, 5.41) is 13.4. The standard InChI is InChI=1S/C20H27N5O3/c1-4-5-10-28-16-8-6-15(7-9-16)19(27)22-17-11-14(3)24-25(17)20-21-13(2)12-18(26)23-20/h6-9,11,13,20-21H,4-5,10,12H2,1-3H3,(H,22,27)(H,23,26). The van der Waals surface area contributed by atoms with Crippen LogP contribution in [0.25, 0.3) is 0 Å². The van der Waals surface area contributed by atoms with E-state index in [1.807, 2.05) is 13.8 Å². The number of aryl methyl sites for hydroxylation is 1. The van der Waals surface area contributed by atoms with E-state index < -0.39 is 6.29 Å². The van der Waals surface area contributed by atoms with Gasteiger partial charge in [0.1, 0.15) is 11.6 Å². The summed E-state index contributed by atoms with van der Waals surface area (Å²) in [7, 11) is 0. The molecule has 2 amide bonds. The maximum Gasteiger partial charge on any atom is 0.256 e. The Morgan fingerprint density at radius 1 is 1.36 bits per heavy atom. The van der Waals surface area contributed by atoms with Crippen LogP contribution in [0.1, 0.15) is 55.5 Å². The number of benzene rings is 1. The lowest BCUT2D eigenvalue weighted by Crippen LogP contribution is -2.52. The van der Waals surface area contributed by atoms with E-state index in [0.717, 1.165) is 24.3 Å². The molecule has 8 heteroatoms. The highest BCUT2D eigenvalue weighted by molar-refractivity contribution is 6.03. The summed E-state index contributed by atoms with van der Waals surface area (Å²) in [6.45, 7) is 6.55. The summed E-state index contributed by atoms with van der Waals surface area (Å²) >= 11 is 0. The smallest absolute Gasteiger partial charge is 0.256 e. The zero-order valence-corrected chi connectivity index (χ0v) is 16.5. The minimum absolute atomic E-state index is 0.0204. The number of carbonyl (C=O) groups is 2. The van der Waals surface area contributed by atoms with Crippen molar-refractivity contribution in [3.05, 3.63) is 41.6 Å². The summed E-state index contributed by atoms with van der Waals surface area (Å²) in [5.41, 5.74) is 1.26. The van der Waals surface area contributed by atoms with E-state index in [4.69, 9.17) is 4.74 Å². The third-order valence-corrected chi connectivity index (χ3v) is 4.46. The molecule has 2 heterocycles. The van der Waals surface area contributed by atoms with Gasteiger partial charge in [-0.05, 0) is 44.5 Å². The normalized spacial score (nSPS) is 19.2. The molecule has 0 saturated carbocycles. The zero-order valence-electron chi connectivity index (χ0n) is 16.5. The Bertz CT molecular complexity index is 831. The largest absolute Gasteiger partial charge is 0.494 e. The van der Waals surface area contributed by atoms with Gasteiger partial charge in [-0.3, -0.25) is 14.9 Å². The number of aromatic nitrogens is 2. The van der Waals surface area contributed by atoms with E-state index in [-0.39, 0.29) is 17.9 Å². The average molecular weight is 385 g/mol. The number of nitrogens with zero attached hydrogens (tertiary/aromatic N) is 2. The summed E-state index contributed by atoms with van der Waals surface area (Å²) < 4.78 is 7.21. The van der Waals surface area contributed by atoms with Gasteiger partial charge in [-0.25, -0.2) is 4.68 Å². The number of amides is 2. The number of hydrogen-bond acceptors (Lipinski definition) is 5. The van der Waals surface area contributed by atoms with Gasteiger partial charge >= 0.3 is 0 Å². The number of anilines is 1. The van der Waals surface area contributed by atoms with Crippen molar-refractivity contribution in [2.45, 2.75) is 52.4 Å². The molecule has 0 aliphatic carbocycles. The zero-order chi connectivity index (χ0) is 20.1. The first-order chi connectivity index (χ1) is 13.5. The molecule has 1 aliphatic rings. The molecule has 2 aromatic rings. The lowest BCUT2D eigenvalue weighted by Gasteiger charge is -2.30. The molecule has 3 rings (SSSR count). The van der Waals surface area contributed by atoms with Gasteiger partial charge in [-0.15, -0.1) is 0 Å². The third kappa shape index (κ3) is 4.89. The van der Waals surface area contributed by atoms with Crippen LogP contribution in [0.15, 0.2) is 30.3 Å². The van der Waals surface area contributed by atoms with Gasteiger partial charge in [0.05, 0.1) is 12.3 Å². The van der Waals surface area contributed by atoms with Gasteiger partial charge in [0.15, 0.2) is 6.29 Å². The van der Waals surface area contributed by atoms with Crippen molar-refractivity contribution in [2.75, 3.05) is 11.9 Å². The Morgan fingerprint density at radius 2 is 2.11 bits per heavy atom. The molecule has 0 spiro atoms. The van der Waals surface area contributed by atoms with E-state index in [0.29, 0.717) is 24.4 Å². The molecule has 8 nitrogen and oxygen atoms in total. The van der Waals surface area contributed by atoms with E-state index in [9.17, 15) is 9.59 Å². The predicted molar refractivity (Wildman–Crippen MR) is 106 cm³/mol. The van der Waals surface area contributed by atoms with Crippen LogP contribution in [0.4, 0.5) is 5.82 Å². The molecule has 2 atom stereocenters. The van der Waals surface area contributed by atoms with Gasteiger partial charge in [0, 0.05) is 24.1 Å².